The van der Waals surface area contributed by atoms with Gasteiger partial charge >= 0.3 is 0 Å². The molecule has 0 atom stereocenters. The van der Waals surface area contributed by atoms with Crippen LogP contribution in [0.1, 0.15) is 31.9 Å². The molecule has 3 nitrogen and oxygen atoms in total. The summed E-state index contributed by atoms with van der Waals surface area (Å²) in [4.78, 5) is 13.0. The fourth-order valence-electron chi connectivity index (χ4n) is 2.70. The SMILES string of the molecule is Cc1cc(F)ccc1NC(=O)c1cc(COc2c(C)cccc2C)cs1. The van der Waals surface area contributed by atoms with E-state index in [1.165, 1.54) is 23.5 Å². The van der Waals surface area contributed by atoms with Crippen LogP contribution in [0.4, 0.5) is 10.1 Å². The number of hydrogen-bond donors (Lipinski definition) is 1. The van der Waals surface area contributed by atoms with Crippen molar-refractivity contribution in [2.75, 3.05) is 5.32 Å². The number of para-hydroxylation sites is 1. The van der Waals surface area contributed by atoms with E-state index >= 15 is 0 Å². The highest BCUT2D eigenvalue weighted by atomic mass is 32.1. The van der Waals surface area contributed by atoms with Crippen molar-refractivity contribution >= 4 is 22.9 Å². The number of aryl methyl sites for hydroxylation is 3. The Bertz CT molecular complexity index is 929. The maximum Gasteiger partial charge on any atom is 0.265 e. The minimum Gasteiger partial charge on any atom is -0.488 e. The van der Waals surface area contributed by atoms with Crippen LogP contribution < -0.4 is 10.1 Å². The highest BCUT2D eigenvalue weighted by molar-refractivity contribution is 7.12. The molecule has 1 N–H and O–H groups in total. The minimum absolute atomic E-state index is 0.206. The summed E-state index contributed by atoms with van der Waals surface area (Å²) in [5.41, 5.74) is 4.42. The van der Waals surface area contributed by atoms with Gasteiger partial charge in [0.15, 0.2) is 0 Å². The second-order valence-corrected chi connectivity index (χ2v) is 7.15. The van der Waals surface area contributed by atoms with E-state index < -0.39 is 0 Å². The van der Waals surface area contributed by atoms with Gasteiger partial charge in [-0.25, -0.2) is 4.39 Å². The molecule has 134 valence electrons. The van der Waals surface area contributed by atoms with Crippen molar-refractivity contribution in [3.63, 3.8) is 0 Å². The highest BCUT2D eigenvalue weighted by Gasteiger charge is 2.12. The molecule has 5 heteroatoms. The molecule has 0 aliphatic heterocycles. The molecule has 0 radical (unpaired) electrons. The third kappa shape index (κ3) is 4.11. The first-order valence-electron chi connectivity index (χ1n) is 8.28. The van der Waals surface area contributed by atoms with Gasteiger partial charge < -0.3 is 10.1 Å². The molecule has 0 bridgehead atoms. The van der Waals surface area contributed by atoms with Crippen LogP contribution in [0.2, 0.25) is 0 Å². The molecule has 0 fully saturated rings. The molecule has 3 rings (SSSR count). The number of anilines is 1. The molecule has 0 spiro atoms. The van der Waals surface area contributed by atoms with E-state index in [0.717, 1.165) is 22.4 Å². The van der Waals surface area contributed by atoms with E-state index in [9.17, 15) is 9.18 Å². The second-order valence-electron chi connectivity index (χ2n) is 6.24. The molecule has 0 unspecified atom stereocenters. The Hall–Kier alpha value is -2.66. The second kappa shape index (κ2) is 7.70. The van der Waals surface area contributed by atoms with Crippen LogP contribution in [-0.2, 0) is 6.61 Å². The first-order chi connectivity index (χ1) is 12.4. The van der Waals surface area contributed by atoms with E-state index in [0.29, 0.717) is 22.7 Å². The normalized spacial score (nSPS) is 10.6. The molecule has 0 saturated carbocycles. The zero-order valence-electron chi connectivity index (χ0n) is 14.9. The van der Waals surface area contributed by atoms with Crippen LogP contribution in [0.25, 0.3) is 0 Å². The van der Waals surface area contributed by atoms with Gasteiger partial charge in [0.05, 0.1) is 4.88 Å². The van der Waals surface area contributed by atoms with Crippen molar-refractivity contribution in [1.82, 2.24) is 0 Å². The summed E-state index contributed by atoms with van der Waals surface area (Å²) >= 11 is 1.36. The van der Waals surface area contributed by atoms with Crippen LogP contribution in [0.3, 0.4) is 0 Å². The molecule has 1 heterocycles. The number of amides is 1. The summed E-state index contributed by atoms with van der Waals surface area (Å²) in [6.07, 6.45) is 0. The zero-order chi connectivity index (χ0) is 18.7. The van der Waals surface area contributed by atoms with Crippen molar-refractivity contribution in [2.24, 2.45) is 0 Å². The van der Waals surface area contributed by atoms with Gasteiger partial charge in [-0.2, -0.15) is 0 Å². The van der Waals surface area contributed by atoms with E-state index in [-0.39, 0.29) is 11.7 Å². The van der Waals surface area contributed by atoms with Crippen LogP contribution in [0.5, 0.6) is 5.75 Å². The highest BCUT2D eigenvalue weighted by Crippen LogP contribution is 2.25. The van der Waals surface area contributed by atoms with Crippen LogP contribution in [0.15, 0.2) is 47.8 Å². The molecular formula is C21H20FNO2S. The van der Waals surface area contributed by atoms with Crippen LogP contribution in [-0.4, -0.2) is 5.91 Å². The number of ether oxygens (including phenoxy) is 1. The fraction of sp³-hybridized carbons (Fsp3) is 0.190. The number of halogens is 1. The molecule has 1 amide bonds. The van der Waals surface area contributed by atoms with E-state index in [2.05, 4.69) is 5.32 Å². The summed E-state index contributed by atoms with van der Waals surface area (Å²) in [6.45, 7) is 6.20. The first-order valence-corrected chi connectivity index (χ1v) is 9.16. The molecular weight excluding hydrogens is 349 g/mol. The maximum atomic E-state index is 13.2. The van der Waals surface area contributed by atoms with Crippen LogP contribution in [0, 0.1) is 26.6 Å². The number of nitrogens with one attached hydrogen (secondary N) is 1. The van der Waals surface area contributed by atoms with Gasteiger partial charge in [0.25, 0.3) is 5.91 Å². The Morgan fingerprint density at radius 2 is 1.81 bits per heavy atom. The molecule has 0 aliphatic rings. The fourth-order valence-corrected chi connectivity index (χ4v) is 3.50. The monoisotopic (exact) mass is 369 g/mol. The summed E-state index contributed by atoms with van der Waals surface area (Å²) in [5.74, 6) is 0.359. The Balaban J connectivity index is 1.66. The Morgan fingerprint density at radius 3 is 2.50 bits per heavy atom. The maximum absolute atomic E-state index is 13.2. The molecule has 0 saturated heterocycles. The number of hydrogen-bond acceptors (Lipinski definition) is 3. The Morgan fingerprint density at radius 1 is 1.08 bits per heavy atom. The molecule has 0 aliphatic carbocycles. The van der Waals surface area contributed by atoms with Crippen molar-refractivity contribution in [3.05, 3.63) is 80.8 Å². The van der Waals surface area contributed by atoms with E-state index in [1.807, 2.05) is 43.5 Å². The van der Waals surface area contributed by atoms with Crippen molar-refractivity contribution in [2.45, 2.75) is 27.4 Å². The number of benzene rings is 2. The summed E-state index contributed by atoms with van der Waals surface area (Å²) in [6, 6.07) is 12.2. The summed E-state index contributed by atoms with van der Waals surface area (Å²) < 4.78 is 19.1. The standard InChI is InChI=1S/C21H20FNO2S/c1-13-5-4-6-14(2)20(13)25-11-16-10-19(26-12-16)21(24)23-18-8-7-17(22)9-15(18)3/h4-10,12H,11H2,1-3H3,(H,23,24). The molecule has 2 aromatic carbocycles. The lowest BCUT2D eigenvalue weighted by molar-refractivity contribution is 0.103. The molecule has 26 heavy (non-hydrogen) atoms. The van der Waals surface area contributed by atoms with Gasteiger partial charge in [0, 0.05) is 11.3 Å². The minimum atomic E-state index is -0.317. The third-order valence-corrected chi connectivity index (χ3v) is 5.08. The topological polar surface area (TPSA) is 38.3 Å². The van der Waals surface area contributed by atoms with E-state index in [1.54, 1.807) is 13.0 Å². The summed E-state index contributed by atoms with van der Waals surface area (Å²) in [5, 5.41) is 4.74. The third-order valence-electron chi connectivity index (χ3n) is 4.11. The Kier molecular flexibility index (Phi) is 5.38. The zero-order valence-corrected chi connectivity index (χ0v) is 15.7. The lowest BCUT2D eigenvalue weighted by atomic mass is 10.1. The predicted octanol–water partition coefficient (Wildman–Crippen LogP) is 5.64. The number of carbonyl (C=O) groups is 1. The van der Waals surface area contributed by atoms with Gasteiger partial charge in [-0.1, -0.05) is 18.2 Å². The van der Waals surface area contributed by atoms with Gasteiger partial charge in [-0.15, -0.1) is 11.3 Å². The number of carbonyl (C=O) groups excluding carboxylic acids is 1. The number of thiophene rings is 1. The summed E-state index contributed by atoms with van der Waals surface area (Å²) in [7, 11) is 0. The smallest absolute Gasteiger partial charge is 0.265 e. The van der Waals surface area contributed by atoms with Gasteiger partial charge in [-0.3, -0.25) is 4.79 Å². The van der Waals surface area contributed by atoms with Gasteiger partial charge in [-0.05, 0) is 67.1 Å². The number of rotatable bonds is 5. The average molecular weight is 369 g/mol. The molecule has 3 aromatic rings. The predicted molar refractivity (Wildman–Crippen MR) is 104 cm³/mol. The largest absolute Gasteiger partial charge is 0.488 e. The lowest BCUT2D eigenvalue weighted by Gasteiger charge is -2.11. The first kappa shape index (κ1) is 18.1. The van der Waals surface area contributed by atoms with Gasteiger partial charge in [0.2, 0.25) is 0 Å². The lowest BCUT2D eigenvalue weighted by Crippen LogP contribution is -2.11. The van der Waals surface area contributed by atoms with Gasteiger partial charge in [0.1, 0.15) is 18.2 Å². The van der Waals surface area contributed by atoms with Crippen molar-refractivity contribution in [3.8, 4) is 5.75 Å². The Labute approximate surface area is 156 Å². The quantitative estimate of drug-likeness (QED) is 0.632. The van der Waals surface area contributed by atoms with Crippen molar-refractivity contribution in [1.29, 1.82) is 0 Å². The van der Waals surface area contributed by atoms with E-state index in [4.69, 9.17) is 4.74 Å². The molecule has 1 aromatic heterocycles. The van der Waals surface area contributed by atoms with Crippen LogP contribution >= 0.6 is 11.3 Å². The van der Waals surface area contributed by atoms with Crippen molar-refractivity contribution < 1.29 is 13.9 Å². The average Bonchev–Trinajstić information content (AvgIpc) is 3.06.